The molecule has 1 aromatic carbocycles. The molecular formula is C13H20N2O. The number of nitrogens with two attached hydrogens (primary N) is 1. The Morgan fingerprint density at radius 1 is 1.31 bits per heavy atom. The lowest BCUT2D eigenvalue weighted by Crippen LogP contribution is -2.49. The van der Waals surface area contributed by atoms with Gasteiger partial charge >= 0.3 is 0 Å². The molecule has 0 aliphatic carbocycles. The maximum Gasteiger partial charge on any atom is 0.237 e. The van der Waals surface area contributed by atoms with Crippen LogP contribution in [0.3, 0.4) is 0 Å². The van der Waals surface area contributed by atoms with Crippen LogP contribution in [0, 0.1) is 0 Å². The number of rotatable bonds is 3. The minimum absolute atomic E-state index is 0.101. The van der Waals surface area contributed by atoms with Crippen molar-refractivity contribution in [3.8, 4) is 0 Å². The van der Waals surface area contributed by atoms with E-state index >= 15 is 0 Å². The van der Waals surface area contributed by atoms with Crippen LogP contribution in [0.1, 0.15) is 26.3 Å². The van der Waals surface area contributed by atoms with Crippen molar-refractivity contribution < 1.29 is 4.79 Å². The van der Waals surface area contributed by atoms with E-state index in [0.717, 1.165) is 5.56 Å². The highest BCUT2D eigenvalue weighted by molar-refractivity contribution is 5.82. The van der Waals surface area contributed by atoms with Gasteiger partial charge in [0.15, 0.2) is 0 Å². The number of amides is 1. The Morgan fingerprint density at radius 3 is 2.38 bits per heavy atom. The second kappa shape index (κ2) is 5.12. The fourth-order valence-electron chi connectivity index (χ4n) is 1.42. The zero-order valence-corrected chi connectivity index (χ0v) is 10.2. The molecule has 88 valence electrons. The van der Waals surface area contributed by atoms with Gasteiger partial charge < -0.3 is 11.1 Å². The van der Waals surface area contributed by atoms with Gasteiger partial charge in [0.2, 0.25) is 5.91 Å². The third kappa shape index (κ3) is 4.45. The number of carbonyl (C=O) groups excluding carboxylic acids is 1. The van der Waals surface area contributed by atoms with Crippen molar-refractivity contribution in [2.24, 2.45) is 5.73 Å². The Kier molecular flexibility index (Phi) is 4.07. The van der Waals surface area contributed by atoms with Crippen LogP contribution in [-0.4, -0.2) is 17.5 Å². The van der Waals surface area contributed by atoms with Crippen molar-refractivity contribution in [1.29, 1.82) is 0 Å². The molecule has 1 amide bonds. The molecule has 16 heavy (non-hydrogen) atoms. The van der Waals surface area contributed by atoms with E-state index in [1.807, 2.05) is 51.1 Å². The van der Waals surface area contributed by atoms with Crippen LogP contribution in [0.5, 0.6) is 0 Å². The summed E-state index contributed by atoms with van der Waals surface area (Å²) in [5.41, 5.74) is 6.70. The average molecular weight is 220 g/mol. The lowest BCUT2D eigenvalue weighted by atomic mass is 10.0. The molecule has 0 aliphatic rings. The Hall–Kier alpha value is -1.35. The van der Waals surface area contributed by atoms with Crippen LogP contribution < -0.4 is 11.1 Å². The highest BCUT2D eigenvalue weighted by atomic mass is 16.2. The van der Waals surface area contributed by atoms with Gasteiger partial charge in [-0.1, -0.05) is 30.3 Å². The van der Waals surface area contributed by atoms with Gasteiger partial charge in [0.05, 0.1) is 6.04 Å². The van der Waals surface area contributed by atoms with E-state index in [1.54, 1.807) is 0 Å². The van der Waals surface area contributed by atoms with E-state index < -0.39 is 6.04 Å². The van der Waals surface area contributed by atoms with E-state index in [1.165, 1.54) is 0 Å². The highest BCUT2D eigenvalue weighted by Gasteiger charge is 2.19. The first-order valence-corrected chi connectivity index (χ1v) is 5.50. The monoisotopic (exact) mass is 220 g/mol. The predicted molar refractivity (Wildman–Crippen MR) is 66.0 cm³/mol. The Bertz CT molecular complexity index is 341. The van der Waals surface area contributed by atoms with Gasteiger partial charge in [0, 0.05) is 5.54 Å². The molecule has 0 aromatic heterocycles. The third-order valence-corrected chi connectivity index (χ3v) is 2.13. The molecule has 1 aromatic rings. The number of hydrogen-bond donors (Lipinski definition) is 2. The summed E-state index contributed by atoms with van der Waals surface area (Å²) < 4.78 is 0. The molecule has 0 radical (unpaired) electrons. The van der Waals surface area contributed by atoms with Crippen molar-refractivity contribution in [2.75, 3.05) is 0 Å². The fraction of sp³-hybridized carbons (Fsp3) is 0.462. The summed E-state index contributed by atoms with van der Waals surface area (Å²) in [7, 11) is 0. The van der Waals surface area contributed by atoms with Crippen molar-refractivity contribution >= 4 is 5.91 Å². The zero-order valence-electron chi connectivity index (χ0n) is 10.2. The van der Waals surface area contributed by atoms with E-state index in [0.29, 0.717) is 6.42 Å². The number of carbonyl (C=O) groups is 1. The molecule has 0 spiro atoms. The minimum Gasteiger partial charge on any atom is -0.350 e. The molecule has 3 N–H and O–H groups in total. The molecule has 0 saturated heterocycles. The lowest BCUT2D eigenvalue weighted by Gasteiger charge is -2.23. The SMILES string of the molecule is CC(C)(C)NC(=O)[C@@H](N)Cc1ccccc1. The van der Waals surface area contributed by atoms with Crippen molar-refractivity contribution in [3.63, 3.8) is 0 Å². The van der Waals surface area contributed by atoms with Gasteiger partial charge in [0.25, 0.3) is 0 Å². The molecule has 0 saturated carbocycles. The largest absolute Gasteiger partial charge is 0.350 e. The third-order valence-electron chi connectivity index (χ3n) is 2.13. The summed E-state index contributed by atoms with van der Waals surface area (Å²) in [6.07, 6.45) is 0.572. The average Bonchev–Trinajstić information content (AvgIpc) is 2.16. The second-order valence-electron chi connectivity index (χ2n) is 5.04. The van der Waals surface area contributed by atoms with Crippen LogP contribution in [0.25, 0.3) is 0 Å². The molecule has 3 nitrogen and oxygen atoms in total. The van der Waals surface area contributed by atoms with E-state index in [4.69, 9.17) is 5.73 Å². The minimum atomic E-state index is -0.485. The normalized spacial score (nSPS) is 13.2. The van der Waals surface area contributed by atoms with E-state index in [2.05, 4.69) is 5.32 Å². The topological polar surface area (TPSA) is 55.1 Å². The van der Waals surface area contributed by atoms with Crippen molar-refractivity contribution in [3.05, 3.63) is 35.9 Å². The molecule has 0 bridgehead atoms. The first kappa shape index (κ1) is 12.7. The summed E-state index contributed by atoms with van der Waals surface area (Å²) in [5.74, 6) is -0.101. The maximum atomic E-state index is 11.7. The van der Waals surface area contributed by atoms with Gasteiger partial charge in [-0.3, -0.25) is 4.79 Å². The molecule has 0 unspecified atom stereocenters. The molecule has 3 heteroatoms. The number of nitrogens with one attached hydrogen (secondary N) is 1. The van der Waals surface area contributed by atoms with Crippen molar-refractivity contribution in [1.82, 2.24) is 5.32 Å². The van der Waals surface area contributed by atoms with Gasteiger partial charge in [-0.2, -0.15) is 0 Å². The van der Waals surface area contributed by atoms with Crippen LogP contribution in [0.2, 0.25) is 0 Å². The molecule has 0 heterocycles. The van der Waals surface area contributed by atoms with E-state index in [9.17, 15) is 4.79 Å². The number of hydrogen-bond acceptors (Lipinski definition) is 2. The number of benzene rings is 1. The maximum absolute atomic E-state index is 11.7. The Balaban J connectivity index is 2.53. The molecule has 1 rings (SSSR count). The predicted octanol–water partition coefficient (Wildman–Crippen LogP) is 1.47. The summed E-state index contributed by atoms with van der Waals surface area (Å²) in [6, 6.07) is 9.31. The van der Waals surface area contributed by atoms with Gasteiger partial charge in [0.1, 0.15) is 0 Å². The molecular weight excluding hydrogens is 200 g/mol. The van der Waals surface area contributed by atoms with Gasteiger partial charge in [-0.05, 0) is 32.8 Å². The summed E-state index contributed by atoms with van der Waals surface area (Å²) in [6.45, 7) is 5.83. The second-order valence-corrected chi connectivity index (χ2v) is 5.04. The van der Waals surface area contributed by atoms with Crippen molar-refractivity contribution in [2.45, 2.75) is 38.8 Å². The zero-order chi connectivity index (χ0) is 12.2. The standard InChI is InChI=1S/C13H20N2O/c1-13(2,3)15-12(16)11(14)9-10-7-5-4-6-8-10/h4-8,11H,9,14H2,1-3H3,(H,15,16)/t11-/m0/s1. The summed E-state index contributed by atoms with van der Waals surface area (Å²) in [5, 5.41) is 2.88. The van der Waals surface area contributed by atoms with Gasteiger partial charge in [-0.15, -0.1) is 0 Å². The van der Waals surface area contributed by atoms with Gasteiger partial charge in [-0.25, -0.2) is 0 Å². The lowest BCUT2D eigenvalue weighted by molar-refractivity contribution is -0.123. The van der Waals surface area contributed by atoms with Crippen LogP contribution >= 0.6 is 0 Å². The van der Waals surface area contributed by atoms with Crippen LogP contribution in [0.4, 0.5) is 0 Å². The molecule has 0 aliphatic heterocycles. The summed E-state index contributed by atoms with van der Waals surface area (Å²) >= 11 is 0. The first-order chi connectivity index (χ1) is 7.38. The Morgan fingerprint density at radius 2 is 1.88 bits per heavy atom. The smallest absolute Gasteiger partial charge is 0.237 e. The summed E-state index contributed by atoms with van der Waals surface area (Å²) in [4.78, 5) is 11.7. The quantitative estimate of drug-likeness (QED) is 0.810. The molecule has 1 atom stereocenters. The fourth-order valence-corrected chi connectivity index (χ4v) is 1.42. The first-order valence-electron chi connectivity index (χ1n) is 5.50. The van der Waals surface area contributed by atoms with Crippen LogP contribution in [-0.2, 0) is 11.2 Å². The van der Waals surface area contributed by atoms with Crippen LogP contribution in [0.15, 0.2) is 30.3 Å². The Labute approximate surface area is 97.0 Å². The van der Waals surface area contributed by atoms with E-state index in [-0.39, 0.29) is 11.4 Å². The highest BCUT2D eigenvalue weighted by Crippen LogP contribution is 2.04. The molecule has 0 fully saturated rings.